The zero-order valence-corrected chi connectivity index (χ0v) is 13.9. The smallest absolute Gasteiger partial charge is 0.133 e. The molecule has 0 aromatic heterocycles. The van der Waals surface area contributed by atoms with E-state index in [0.717, 1.165) is 25.7 Å². The van der Waals surface area contributed by atoms with Gasteiger partial charge in [0, 0.05) is 12.8 Å². The Morgan fingerprint density at radius 1 is 1.24 bits per heavy atom. The first-order chi connectivity index (χ1) is 10.0. The highest BCUT2D eigenvalue weighted by molar-refractivity contribution is 5.83. The molecule has 1 fully saturated rings. The minimum absolute atomic E-state index is 0.397. The van der Waals surface area contributed by atoms with Crippen molar-refractivity contribution >= 4 is 11.4 Å². The molecule has 114 valence electrons. The minimum atomic E-state index is 0.397. The fourth-order valence-electron chi connectivity index (χ4n) is 3.73. The van der Waals surface area contributed by atoms with Crippen molar-refractivity contribution in [3.05, 3.63) is 41.5 Å². The fraction of sp³-hybridized carbons (Fsp3) is 0.550. The molecule has 0 radical (unpaired) electrons. The van der Waals surface area contributed by atoms with Crippen molar-refractivity contribution in [3.63, 3.8) is 0 Å². The van der Waals surface area contributed by atoms with Gasteiger partial charge in [-0.3, -0.25) is 4.79 Å². The summed E-state index contributed by atoms with van der Waals surface area (Å²) in [7, 11) is 0. The van der Waals surface area contributed by atoms with Gasteiger partial charge in [0.1, 0.15) is 5.78 Å². The highest BCUT2D eigenvalue weighted by Crippen LogP contribution is 2.43. The van der Waals surface area contributed by atoms with Crippen LogP contribution in [0.25, 0.3) is 5.57 Å². The molecule has 1 aliphatic carbocycles. The first-order valence-electron chi connectivity index (χ1n) is 8.31. The molecule has 0 aliphatic heterocycles. The maximum absolute atomic E-state index is 12.1. The van der Waals surface area contributed by atoms with Crippen LogP contribution in [-0.2, 0) is 4.79 Å². The van der Waals surface area contributed by atoms with Gasteiger partial charge in [0.25, 0.3) is 0 Å². The molecule has 0 spiro atoms. The monoisotopic (exact) mass is 284 g/mol. The molecule has 1 aromatic carbocycles. The van der Waals surface area contributed by atoms with Crippen LogP contribution in [0.2, 0.25) is 0 Å². The summed E-state index contributed by atoms with van der Waals surface area (Å²) in [4.78, 5) is 12.1. The number of benzene rings is 1. The Morgan fingerprint density at radius 3 is 2.48 bits per heavy atom. The van der Waals surface area contributed by atoms with Crippen LogP contribution in [0.4, 0.5) is 0 Å². The highest BCUT2D eigenvalue weighted by Gasteiger charge is 2.34. The van der Waals surface area contributed by atoms with Gasteiger partial charge in [0.2, 0.25) is 0 Å². The molecule has 2 atom stereocenters. The van der Waals surface area contributed by atoms with Gasteiger partial charge in [-0.1, -0.05) is 56.7 Å². The maximum Gasteiger partial charge on any atom is 0.133 e. The lowest BCUT2D eigenvalue weighted by Gasteiger charge is -2.36. The van der Waals surface area contributed by atoms with E-state index in [-0.39, 0.29) is 0 Å². The quantitative estimate of drug-likeness (QED) is 0.712. The van der Waals surface area contributed by atoms with Crippen molar-refractivity contribution < 1.29 is 4.79 Å². The highest BCUT2D eigenvalue weighted by atomic mass is 16.1. The van der Waals surface area contributed by atoms with Crippen molar-refractivity contribution in [3.8, 4) is 0 Å². The number of hydrogen-bond donors (Lipinski definition) is 0. The van der Waals surface area contributed by atoms with Crippen LogP contribution in [0.5, 0.6) is 0 Å². The topological polar surface area (TPSA) is 17.1 Å². The third-order valence-electron chi connectivity index (χ3n) is 5.02. The van der Waals surface area contributed by atoms with E-state index in [9.17, 15) is 4.79 Å². The predicted molar refractivity (Wildman–Crippen MR) is 90.0 cm³/mol. The third kappa shape index (κ3) is 3.64. The number of rotatable bonds is 4. The molecule has 0 bridgehead atoms. The molecule has 1 heteroatoms. The van der Waals surface area contributed by atoms with Gasteiger partial charge in [-0.25, -0.2) is 0 Å². The molecule has 1 aliphatic rings. The number of allylic oxidation sites excluding steroid dienone is 2. The zero-order valence-electron chi connectivity index (χ0n) is 13.9. The largest absolute Gasteiger partial charge is 0.300 e. The lowest BCUT2D eigenvalue weighted by molar-refractivity contribution is -0.122. The molecule has 0 heterocycles. The summed E-state index contributed by atoms with van der Waals surface area (Å²) in [6, 6.07) is 10.7. The lowest BCUT2D eigenvalue weighted by atomic mass is 9.67. The first kappa shape index (κ1) is 16.0. The van der Waals surface area contributed by atoms with Gasteiger partial charge in [-0.15, -0.1) is 0 Å². The molecular formula is C20H28O. The van der Waals surface area contributed by atoms with E-state index in [1.54, 1.807) is 0 Å². The Balaban J connectivity index is 2.46. The molecule has 2 rings (SSSR count). The van der Waals surface area contributed by atoms with E-state index < -0.39 is 0 Å². The Bertz CT molecular complexity index is 510. The van der Waals surface area contributed by atoms with Crippen LogP contribution in [0.3, 0.4) is 0 Å². The average Bonchev–Trinajstić information content (AvgIpc) is 2.48. The van der Waals surface area contributed by atoms with E-state index in [1.165, 1.54) is 16.7 Å². The molecule has 1 saturated carbocycles. The molecular weight excluding hydrogens is 256 g/mol. The van der Waals surface area contributed by atoms with Gasteiger partial charge >= 0.3 is 0 Å². The number of hydrogen-bond acceptors (Lipinski definition) is 1. The van der Waals surface area contributed by atoms with Crippen molar-refractivity contribution in [1.82, 2.24) is 0 Å². The second-order valence-corrected chi connectivity index (χ2v) is 6.71. The van der Waals surface area contributed by atoms with Gasteiger partial charge in [-0.2, -0.15) is 0 Å². The maximum atomic E-state index is 12.1. The van der Waals surface area contributed by atoms with E-state index in [2.05, 4.69) is 58.0 Å². The second kappa shape index (κ2) is 7.06. The van der Waals surface area contributed by atoms with Crippen LogP contribution in [-0.4, -0.2) is 5.78 Å². The number of carbonyl (C=O) groups is 1. The Hall–Kier alpha value is -1.37. The van der Waals surface area contributed by atoms with E-state index in [1.807, 2.05) is 0 Å². The van der Waals surface area contributed by atoms with E-state index in [0.29, 0.717) is 23.5 Å². The number of carbonyl (C=O) groups excluding carboxylic acids is 1. The van der Waals surface area contributed by atoms with Gasteiger partial charge in [-0.05, 0) is 48.7 Å². The summed E-state index contributed by atoms with van der Waals surface area (Å²) >= 11 is 0. The minimum Gasteiger partial charge on any atom is -0.300 e. The lowest BCUT2D eigenvalue weighted by Crippen LogP contribution is -2.30. The second-order valence-electron chi connectivity index (χ2n) is 6.71. The number of Topliss-reactive ketones (excluding diaryl/α,β-unsaturated/α-hetero) is 1. The Labute approximate surface area is 129 Å². The molecule has 21 heavy (non-hydrogen) atoms. The summed E-state index contributed by atoms with van der Waals surface area (Å²) < 4.78 is 0. The zero-order chi connectivity index (χ0) is 15.4. The average molecular weight is 284 g/mol. The first-order valence-corrected chi connectivity index (χ1v) is 8.31. The summed E-state index contributed by atoms with van der Waals surface area (Å²) in [5.74, 6) is 2.09. The SMILES string of the molecule is CC/C(C)=C(/c1ccccc1)[C@H]1CC(=O)CC[C@@H]1C(C)C. The van der Waals surface area contributed by atoms with Crippen molar-refractivity contribution in [2.45, 2.75) is 53.4 Å². The van der Waals surface area contributed by atoms with Crippen molar-refractivity contribution in [2.24, 2.45) is 17.8 Å². The van der Waals surface area contributed by atoms with Crippen LogP contribution in [0, 0.1) is 17.8 Å². The van der Waals surface area contributed by atoms with Crippen molar-refractivity contribution in [1.29, 1.82) is 0 Å². The molecule has 0 N–H and O–H groups in total. The summed E-state index contributed by atoms with van der Waals surface area (Å²) in [6.07, 6.45) is 3.60. The van der Waals surface area contributed by atoms with E-state index in [4.69, 9.17) is 0 Å². The van der Waals surface area contributed by atoms with Gasteiger partial charge < -0.3 is 0 Å². The van der Waals surface area contributed by atoms with Crippen LogP contribution >= 0.6 is 0 Å². The van der Waals surface area contributed by atoms with Crippen LogP contribution in [0.15, 0.2) is 35.9 Å². The molecule has 1 nitrogen and oxygen atoms in total. The number of ketones is 1. The van der Waals surface area contributed by atoms with E-state index >= 15 is 0 Å². The summed E-state index contributed by atoms with van der Waals surface area (Å²) in [6.45, 7) is 9.06. The molecule has 0 saturated heterocycles. The standard InChI is InChI=1S/C20H28O/c1-5-15(4)20(16-9-7-6-8-10-16)19-13-17(21)11-12-18(19)14(2)3/h6-10,14,18-19H,5,11-13H2,1-4H3/b20-15-/t18-,19+/m1/s1. The third-order valence-corrected chi connectivity index (χ3v) is 5.02. The predicted octanol–water partition coefficient (Wildman–Crippen LogP) is 5.51. The summed E-state index contributed by atoms with van der Waals surface area (Å²) in [5.41, 5.74) is 4.18. The van der Waals surface area contributed by atoms with Gasteiger partial charge in [0.05, 0.1) is 0 Å². The van der Waals surface area contributed by atoms with Crippen LogP contribution in [0.1, 0.15) is 58.9 Å². The molecule has 0 unspecified atom stereocenters. The fourth-order valence-corrected chi connectivity index (χ4v) is 3.73. The van der Waals surface area contributed by atoms with Crippen LogP contribution < -0.4 is 0 Å². The van der Waals surface area contributed by atoms with Gasteiger partial charge in [0.15, 0.2) is 0 Å². The normalized spacial score (nSPS) is 24.1. The Kier molecular flexibility index (Phi) is 5.39. The Morgan fingerprint density at radius 2 is 1.90 bits per heavy atom. The molecule has 0 amide bonds. The van der Waals surface area contributed by atoms with Crippen molar-refractivity contribution in [2.75, 3.05) is 0 Å². The summed E-state index contributed by atoms with van der Waals surface area (Å²) in [5, 5.41) is 0. The molecule has 1 aromatic rings.